The summed E-state index contributed by atoms with van der Waals surface area (Å²) in [4.78, 5) is 44.3. The predicted molar refractivity (Wildman–Crippen MR) is 124 cm³/mol. The molecule has 1 aromatic heterocycles. The molecule has 0 saturated carbocycles. The minimum atomic E-state index is -0.473. The third kappa shape index (κ3) is 5.74. The van der Waals surface area contributed by atoms with Crippen molar-refractivity contribution < 1.29 is 14.4 Å². The highest BCUT2D eigenvalue weighted by molar-refractivity contribution is 8.15. The van der Waals surface area contributed by atoms with Crippen molar-refractivity contribution in [2.45, 2.75) is 37.5 Å². The summed E-state index contributed by atoms with van der Waals surface area (Å²) in [6, 6.07) is 10.6. The fourth-order valence-corrected chi connectivity index (χ4v) is 5.26. The Labute approximate surface area is 189 Å². The highest BCUT2D eigenvalue weighted by atomic mass is 32.2. The molecule has 2 aromatic rings. The SMILES string of the molecule is O=C(CC1SC(N2CCCCC2)=NC1=O)Nc1ccc(C(=O)NCc2cccs2)cc1. The van der Waals surface area contributed by atoms with Crippen molar-refractivity contribution in [3.8, 4) is 0 Å². The molecule has 0 aliphatic carbocycles. The lowest BCUT2D eigenvalue weighted by atomic mass is 10.1. The third-order valence-electron chi connectivity index (χ3n) is 5.16. The summed E-state index contributed by atoms with van der Waals surface area (Å²) in [6.07, 6.45) is 3.51. The molecule has 1 saturated heterocycles. The zero-order valence-corrected chi connectivity index (χ0v) is 18.6. The van der Waals surface area contributed by atoms with Crippen LogP contribution in [0, 0.1) is 0 Å². The Balaban J connectivity index is 1.25. The number of benzene rings is 1. The maximum atomic E-state index is 12.4. The van der Waals surface area contributed by atoms with Crippen LogP contribution in [0.3, 0.4) is 0 Å². The van der Waals surface area contributed by atoms with Crippen LogP contribution in [0.15, 0.2) is 46.8 Å². The molecule has 1 fully saturated rings. The standard InChI is InChI=1S/C22H24N4O3S2/c27-19(13-18-21(29)25-22(31-18)26-10-2-1-3-11-26)24-16-8-6-15(7-9-16)20(28)23-14-17-5-4-12-30-17/h4-9,12,18H,1-3,10-11,13-14H2,(H,23,28)(H,24,27). The first-order valence-corrected chi connectivity index (χ1v) is 12.1. The van der Waals surface area contributed by atoms with E-state index >= 15 is 0 Å². The molecule has 7 nitrogen and oxygen atoms in total. The summed E-state index contributed by atoms with van der Waals surface area (Å²) >= 11 is 2.98. The predicted octanol–water partition coefficient (Wildman–Crippen LogP) is 3.49. The minimum Gasteiger partial charge on any atom is -0.351 e. The molecule has 0 bridgehead atoms. The molecule has 9 heteroatoms. The summed E-state index contributed by atoms with van der Waals surface area (Å²) in [7, 11) is 0. The Bertz CT molecular complexity index is 967. The molecule has 1 atom stereocenters. The number of thiophene rings is 1. The quantitative estimate of drug-likeness (QED) is 0.694. The number of nitrogens with zero attached hydrogens (tertiary/aromatic N) is 2. The van der Waals surface area contributed by atoms with Crippen molar-refractivity contribution in [2.75, 3.05) is 18.4 Å². The first kappa shape index (κ1) is 21.6. The summed E-state index contributed by atoms with van der Waals surface area (Å²) in [6.45, 7) is 2.33. The number of nitrogens with one attached hydrogen (secondary N) is 2. The first-order valence-electron chi connectivity index (χ1n) is 10.3. The van der Waals surface area contributed by atoms with Crippen LogP contribution in [0.25, 0.3) is 0 Å². The van der Waals surface area contributed by atoms with Gasteiger partial charge in [0.1, 0.15) is 5.25 Å². The van der Waals surface area contributed by atoms with E-state index < -0.39 is 5.25 Å². The van der Waals surface area contributed by atoms with Crippen LogP contribution in [0.5, 0.6) is 0 Å². The van der Waals surface area contributed by atoms with Gasteiger partial charge in [0.2, 0.25) is 5.91 Å². The Morgan fingerprint density at radius 3 is 2.58 bits per heavy atom. The second-order valence-electron chi connectivity index (χ2n) is 7.48. The normalized spacial score (nSPS) is 18.6. The number of piperidine rings is 1. The topological polar surface area (TPSA) is 90.9 Å². The lowest BCUT2D eigenvalue weighted by Gasteiger charge is -2.27. The van der Waals surface area contributed by atoms with E-state index in [0.717, 1.165) is 36.0 Å². The van der Waals surface area contributed by atoms with Gasteiger partial charge in [-0.3, -0.25) is 14.4 Å². The number of likely N-dealkylation sites (tertiary alicyclic amines) is 1. The van der Waals surface area contributed by atoms with Crippen LogP contribution < -0.4 is 10.6 Å². The minimum absolute atomic E-state index is 0.0768. The van der Waals surface area contributed by atoms with E-state index in [9.17, 15) is 14.4 Å². The molecule has 162 valence electrons. The molecule has 2 N–H and O–H groups in total. The zero-order valence-electron chi connectivity index (χ0n) is 17.0. The summed E-state index contributed by atoms with van der Waals surface area (Å²) in [5.41, 5.74) is 1.11. The van der Waals surface area contributed by atoms with Gasteiger partial charge in [0.05, 0.1) is 6.54 Å². The first-order chi connectivity index (χ1) is 15.1. The van der Waals surface area contributed by atoms with Gasteiger partial charge in [-0.25, -0.2) is 0 Å². The van der Waals surface area contributed by atoms with Crippen LogP contribution in [-0.4, -0.2) is 46.1 Å². The molecular weight excluding hydrogens is 432 g/mol. The van der Waals surface area contributed by atoms with E-state index in [1.165, 1.54) is 18.2 Å². The van der Waals surface area contributed by atoms with Crippen molar-refractivity contribution in [1.29, 1.82) is 0 Å². The Hall–Kier alpha value is -2.65. The molecule has 31 heavy (non-hydrogen) atoms. The number of rotatable bonds is 6. The molecule has 3 amide bonds. The lowest BCUT2D eigenvalue weighted by molar-refractivity contribution is -0.121. The third-order valence-corrected chi connectivity index (χ3v) is 7.25. The molecule has 1 aromatic carbocycles. The maximum Gasteiger partial charge on any atom is 0.262 e. The van der Waals surface area contributed by atoms with Crippen LogP contribution in [0.4, 0.5) is 5.69 Å². The molecule has 0 radical (unpaired) electrons. The smallest absolute Gasteiger partial charge is 0.262 e. The van der Waals surface area contributed by atoms with Crippen molar-refractivity contribution in [2.24, 2.45) is 4.99 Å². The van der Waals surface area contributed by atoms with Gasteiger partial charge in [0, 0.05) is 35.6 Å². The van der Waals surface area contributed by atoms with Crippen LogP contribution in [-0.2, 0) is 16.1 Å². The van der Waals surface area contributed by atoms with Crippen LogP contribution in [0.2, 0.25) is 0 Å². The molecule has 0 spiro atoms. The second kappa shape index (κ2) is 10.1. The number of amidine groups is 1. The van der Waals surface area contributed by atoms with Gasteiger partial charge in [0.15, 0.2) is 5.17 Å². The van der Waals surface area contributed by atoms with E-state index in [2.05, 4.69) is 20.5 Å². The van der Waals surface area contributed by atoms with Gasteiger partial charge < -0.3 is 15.5 Å². The number of carbonyl (C=O) groups is 3. The van der Waals surface area contributed by atoms with Gasteiger partial charge in [-0.2, -0.15) is 4.99 Å². The van der Waals surface area contributed by atoms with E-state index in [1.54, 1.807) is 35.6 Å². The van der Waals surface area contributed by atoms with E-state index in [1.807, 2.05) is 17.5 Å². The number of thioether (sulfide) groups is 1. The van der Waals surface area contributed by atoms with E-state index in [4.69, 9.17) is 0 Å². The summed E-state index contributed by atoms with van der Waals surface area (Å²) < 4.78 is 0. The molecule has 4 rings (SSSR count). The second-order valence-corrected chi connectivity index (χ2v) is 9.68. The number of carbonyl (C=O) groups excluding carboxylic acids is 3. The Morgan fingerprint density at radius 2 is 1.87 bits per heavy atom. The van der Waals surface area contributed by atoms with Crippen molar-refractivity contribution in [3.63, 3.8) is 0 Å². The Kier molecular flexibility index (Phi) is 7.03. The van der Waals surface area contributed by atoms with Gasteiger partial charge in [-0.1, -0.05) is 17.8 Å². The molecule has 2 aliphatic rings. The van der Waals surface area contributed by atoms with Gasteiger partial charge in [0.25, 0.3) is 11.8 Å². The Morgan fingerprint density at radius 1 is 1.10 bits per heavy atom. The number of hydrogen-bond acceptors (Lipinski definition) is 6. The largest absolute Gasteiger partial charge is 0.351 e. The summed E-state index contributed by atoms with van der Waals surface area (Å²) in [5, 5.41) is 7.93. The number of amides is 3. The lowest BCUT2D eigenvalue weighted by Crippen LogP contribution is -2.33. The van der Waals surface area contributed by atoms with Crippen molar-refractivity contribution >= 4 is 51.7 Å². The maximum absolute atomic E-state index is 12.4. The molecule has 2 aliphatic heterocycles. The van der Waals surface area contributed by atoms with Gasteiger partial charge in [-0.15, -0.1) is 11.3 Å². The van der Waals surface area contributed by atoms with Crippen LogP contribution >= 0.6 is 23.1 Å². The van der Waals surface area contributed by atoms with E-state index in [0.29, 0.717) is 17.8 Å². The zero-order chi connectivity index (χ0) is 21.6. The highest BCUT2D eigenvalue weighted by Crippen LogP contribution is 2.29. The van der Waals surface area contributed by atoms with Crippen LogP contribution in [0.1, 0.15) is 40.9 Å². The van der Waals surface area contributed by atoms with Gasteiger partial charge in [-0.05, 0) is 55.0 Å². The number of anilines is 1. The number of hydrogen-bond donors (Lipinski definition) is 2. The average Bonchev–Trinajstić information content (AvgIpc) is 3.43. The highest BCUT2D eigenvalue weighted by Gasteiger charge is 2.33. The fraction of sp³-hybridized carbons (Fsp3) is 0.364. The fourth-order valence-electron chi connectivity index (χ4n) is 3.50. The van der Waals surface area contributed by atoms with Gasteiger partial charge >= 0.3 is 0 Å². The van der Waals surface area contributed by atoms with E-state index in [-0.39, 0.29) is 24.1 Å². The average molecular weight is 457 g/mol. The molecule has 1 unspecified atom stereocenters. The molecular formula is C22H24N4O3S2. The van der Waals surface area contributed by atoms with Crippen molar-refractivity contribution in [1.82, 2.24) is 10.2 Å². The number of aliphatic imine (C=N–C) groups is 1. The van der Waals surface area contributed by atoms with Crippen molar-refractivity contribution in [3.05, 3.63) is 52.2 Å². The monoisotopic (exact) mass is 456 g/mol. The molecule has 3 heterocycles. The summed E-state index contributed by atoms with van der Waals surface area (Å²) in [5.74, 6) is -0.643.